The van der Waals surface area contributed by atoms with E-state index in [4.69, 9.17) is 0 Å². The van der Waals surface area contributed by atoms with Crippen molar-refractivity contribution in [2.45, 2.75) is 50.1 Å². The van der Waals surface area contributed by atoms with Gasteiger partial charge in [0.2, 0.25) is 10.0 Å². The van der Waals surface area contributed by atoms with Crippen molar-refractivity contribution >= 4 is 15.8 Å². The third-order valence-corrected chi connectivity index (χ3v) is 5.34. The topological polar surface area (TPSA) is 75.3 Å². The lowest BCUT2D eigenvalue weighted by Gasteiger charge is -2.30. The normalized spacial score (nSPS) is 23.0. The Kier molecular flexibility index (Phi) is 5.13. The van der Waals surface area contributed by atoms with Gasteiger partial charge in [0.15, 0.2) is 5.78 Å². The smallest absolute Gasteiger partial charge is 0.240 e. The van der Waals surface area contributed by atoms with Gasteiger partial charge in [-0.15, -0.1) is 0 Å². The molecule has 0 aliphatic carbocycles. The number of carbonyl (C=O) groups is 1. The van der Waals surface area contributed by atoms with E-state index in [0.29, 0.717) is 12.0 Å². The van der Waals surface area contributed by atoms with E-state index in [0.717, 1.165) is 19.4 Å². The highest BCUT2D eigenvalue weighted by Crippen LogP contribution is 2.16. The minimum Gasteiger partial charge on any atom is -0.313 e. The maximum atomic E-state index is 12.5. The van der Waals surface area contributed by atoms with Gasteiger partial charge in [-0.3, -0.25) is 4.79 Å². The molecule has 1 heterocycles. The first kappa shape index (κ1) is 16.1. The fraction of sp³-hybridized carbons (Fsp3) is 0.533. The van der Waals surface area contributed by atoms with Crippen LogP contribution in [0, 0.1) is 0 Å². The summed E-state index contributed by atoms with van der Waals surface area (Å²) in [4.78, 5) is 11.9. The third kappa shape index (κ3) is 3.90. The lowest BCUT2D eigenvalue weighted by atomic mass is 10.0. The lowest BCUT2D eigenvalue weighted by molar-refractivity contribution is 0.0988. The van der Waals surface area contributed by atoms with Crippen molar-refractivity contribution in [3.8, 4) is 0 Å². The molecular weight excluding hydrogens is 288 g/mol. The summed E-state index contributed by atoms with van der Waals surface area (Å²) in [7, 11) is -3.60. The summed E-state index contributed by atoms with van der Waals surface area (Å²) in [6.45, 7) is 4.65. The SMILES string of the molecule is CCC(=O)c1cccc(S(=O)(=O)NC2CCCNC2C)c1. The monoisotopic (exact) mass is 310 g/mol. The summed E-state index contributed by atoms with van der Waals surface area (Å²) in [6.07, 6.45) is 2.13. The summed E-state index contributed by atoms with van der Waals surface area (Å²) in [6, 6.07) is 6.23. The van der Waals surface area contributed by atoms with Crippen molar-refractivity contribution in [1.82, 2.24) is 10.0 Å². The van der Waals surface area contributed by atoms with Crippen LogP contribution in [0.1, 0.15) is 43.5 Å². The van der Waals surface area contributed by atoms with Crippen LogP contribution in [0.5, 0.6) is 0 Å². The van der Waals surface area contributed by atoms with E-state index in [-0.39, 0.29) is 22.8 Å². The van der Waals surface area contributed by atoms with Gasteiger partial charge in [-0.1, -0.05) is 19.1 Å². The van der Waals surface area contributed by atoms with Gasteiger partial charge in [0.05, 0.1) is 4.90 Å². The van der Waals surface area contributed by atoms with Crippen molar-refractivity contribution in [3.63, 3.8) is 0 Å². The molecule has 1 aromatic rings. The molecule has 1 fully saturated rings. The molecule has 1 saturated heterocycles. The van der Waals surface area contributed by atoms with Gasteiger partial charge in [-0.05, 0) is 38.4 Å². The molecule has 2 atom stereocenters. The van der Waals surface area contributed by atoms with Gasteiger partial charge in [0.25, 0.3) is 0 Å². The standard InChI is InChI=1S/C15H22N2O3S/c1-3-15(18)12-6-4-7-13(10-12)21(19,20)17-14-8-5-9-16-11(14)2/h4,6-7,10-11,14,16-17H,3,5,8-9H2,1-2H3. The van der Waals surface area contributed by atoms with Gasteiger partial charge in [-0.2, -0.15) is 0 Å². The van der Waals surface area contributed by atoms with Gasteiger partial charge in [0.1, 0.15) is 0 Å². The molecule has 2 N–H and O–H groups in total. The molecule has 5 nitrogen and oxygen atoms in total. The molecule has 0 radical (unpaired) electrons. The molecule has 21 heavy (non-hydrogen) atoms. The minimum absolute atomic E-state index is 0.0558. The van der Waals surface area contributed by atoms with Crippen molar-refractivity contribution in [2.75, 3.05) is 6.54 Å². The second-order valence-corrected chi connectivity index (χ2v) is 7.13. The Morgan fingerprint density at radius 2 is 2.19 bits per heavy atom. The molecule has 2 rings (SSSR count). The highest BCUT2D eigenvalue weighted by atomic mass is 32.2. The van der Waals surface area contributed by atoms with Crippen LogP contribution in [0.4, 0.5) is 0 Å². The van der Waals surface area contributed by atoms with E-state index < -0.39 is 10.0 Å². The molecule has 1 aromatic carbocycles. The molecule has 0 spiro atoms. The minimum atomic E-state index is -3.60. The number of Topliss-reactive ketones (excluding diaryl/α,β-unsaturated/α-hetero) is 1. The fourth-order valence-electron chi connectivity index (χ4n) is 2.51. The second-order valence-electron chi connectivity index (χ2n) is 5.42. The fourth-order valence-corrected chi connectivity index (χ4v) is 3.91. The molecule has 0 aromatic heterocycles. The zero-order valence-corrected chi connectivity index (χ0v) is 13.2. The number of piperidine rings is 1. The average Bonchev–Trinajstić information content (AvgIpc) is 2.49. The highest BCUT2D eigenvalue weighted by molar-refractivity contribution is 7.89. The van der Waals surface area contributed by atoms with E-state index in [1.54, 1.807) is 19.1 Å². The Hall–Kier alpha value is -1.24. The summed E-state index contributed by atoms with van der Waals surface area (Å²) in [5, 5.41) is 3.26. The molecule has 0 saturated carbocycles. The van der Waals surface area contributed by atoms with Crippen molar-refractivity contribution in [1.29, 1.82) is 0 Å². The zero-order valence-electron chi connectivity index (χ0n) is 12.4. The number of benzene rings is 1. The van der Waals surface area contributed by atoms with Crippen LogP contribution < -0.4 is 10.0 Å². The van der Waals surface area contributed by atoms with Crippen LogP contribution in [0.25, 0.3) is 0 Å². The number of rotatable bonds is 5. The van der Waals surface area contributed by atoms with Crippen LogP contribution in [-0.2, 0) is 10.0 Å². The van der Waals surface area contributed by atoms with E-state index in [1.165, 1.54) is 12.1 Å². The first-order valence-corrected chi connectivity index (χ1v) is 8.81. The zero-order chi connectivity index (χ0) is 15.5. The predicted molar refractivity (Wildman–Crippen MR) is 81.9 cm³/mol. The van der Waals surface area contributed by atoms with Crippen LogP contribution in [-0.4, -0.2) is 32.8 Å². The first-order valence-electron chi connectivity index (χ1n) is 7.33. The molecular formula is C15H22N2O3S. The maximum Gasteiger partial charge on any atom is 0.240 e. The summed E-state index contributed by atoms with van der Waals surface area (Å²) in [5.74, 6) is -0.0558. The summed E-state index contributed by atoms with van der Waals surface area (Å²) in [5.41, 5.74) is 0.440. The molecule has 1 aliphatic heterocycles. The van der Waals surface area contributed by atoms with Crippen LogP contribution in [0.3, 0.4) is 0 Å². The number of sulfonamides is 1. The average molecular weight is 310 g/mol. The predicted octanol–water partition coefficient (Wildman–Crippen LogP) is 1.70. The Bertz CT molecular complexity index is 613. The molecule has 0 amide bonds. The summed E-state index contributed by atoms with van der Waals surface area (Å²) >= 11 is 0. The molecule has 0 bridgehead atoms. The van der Waals surface area contributed by atoms with Gasteiger partial charge in [-0.25, -0.2) is 13.1 Å². The Balaban J connectivity index is 2.21. The van der Waals surface area contributed by atoms with Crippen LogP contribution >= 0.6 is 0 Å². The Morgan fingerprint density at radius 1 is 1.43 bits per heavy atom. The van der Waals surface area contributed by atoms with Gasteiger partial charge in [0, 0.05) is 24.1 Å². The van der Waals surface area contributed by atoms with Crippen LogP contribution in [0.15, 0.2) is 29.2 Å². The highest BCUT2D eigenvalue weighted by Gasteiger charge is 2.26. The maximum absolute atomic E-state index is 12.5. The van der Waals surface area contributed by atoms with Crippen LogP contribution in [0.2, 0.25) is 0 Å². The molecule has 116 valence electrons. The van der Waals surface area contributed by atoms with Crippen molar-refractivity contribution in [2.24, 2.45) is 0 Å². The summed E-state index contributed by atoms with van der Waals surface area (Å²) < 4.78 is 27.7. The number of ketones is 1. The van der Waals surface area contributed by atoms with E-state index >= 15 is 0 Å². The Labute approximate surface area is 126 Å². The van der Waals surface area contributed by atoms with Gasteiger partial charge >= 0.3 is 0 Å². The van der Waals surface area contributed by atoms with E-state index in [1.807, 2.05) is 6.92 Å². The Morgan fingerprint density at radius 3 is 2.86 bits per heavy atom. The largest absolute Gasteiger partial charge is 0.313 e. The number of carbonyl (C=O) groups excluding carboxylic acids is 1. The van der Waals surface area contributed by atoms with Gasteiger partial charge < -0.3 is 5.32 Å². The molecule has 2 unspecified atom stereocenters. The lowest BCUT2D eigenvalue weighted by Crippen LogP contribution is -2.51. The number of hydrogen-bond donors (Lipinski definition) is 2. The van der Waals surface area contributed by atoms with E-state index in [2.05, 4.69) is 10.0 Å². The van der Waals surface area contributed by atoms with Crippen molar-refractivity contribution in [3.05, 3.63) is 29.8 Å². The van der Waals surface area contributed by atoms with E-state index in [9.17, 15) is 13.2 Å². The second kappa shape index (κ2) is 6.68. The molecule has 1 aliphatic rings. The quantitative estimate of drug-likeness (QED) is 0.812. The van der Waals surface area contributed by atoms with Crippen molar-refractivity contribution < 1.29 is 13.2 Å². The third-order valence-electron chi connectivity index (χ3n) is 3.86. The number of hydrogen-bond acceptors (Lipinski definition) is 4. The first-order chi connectivity index (χ1) is 9.94. The molecule has 6 heteroatoms. The number of nitrogens with one attached hydrogen (secondary N) is 2.